The van der Waals surface area contributed by atoms with E-state index < -0.39 is 0 Å². The standard InChI is InChI=1S/C18H23ClN4S/c1-4-20-18(21-10-17-22-11(2)12(3)24-17)23-16-9-15(16)13-6-5-7-14(19)8-13/h5-8,15-16H,4,9-10H2,1-3H3,(H2,20,21,23). The highest BCUT2D eigenvalue weighted by atomic mass is 35.5. The Balaban J connectivity index is 1.61. The summed E-state index contributed by atoms with van der Waals surface area (Å²) in [5, 5.41) is 8.70. The normalized spacial score (nSPS) is 20.1. The van der Waals surface area contributed by atoms with Crippen molar-refractivity contribution in [1.29, 1.82) is 0 Å². The molecule has 1 saturated carbocycles. The van der Waals surface area contributed by atoms with Gasteiger partial charge in [-0.25, -0.2) is 9.98 Å². The summed E-state index contributed by atoms with van der Waals surface area (Å²) in [5.74, 6) is 1.37. The fourth-order valence-electron chi connectivity index (χ4n) is 2.71. The molecule has 1 aromatic heterocycles. The summed E-state index contributed by atoms with van der Waals surface area (Å²) in [6.07, 6.45) is 1.11. The third-order valence-electron chi connectivity index (χ3n) is 4.18. The number of halogens is 1. The van der Waals surface area contributed by atoms with Gasteiger partial charge in [-0.15, -0.1) is 11.3 Å². The average Bonchev–Trinajstić information content (AvgIpc) is 3.24. The maximum absolute atomic E-state index is 6.09. The second-order valence-corrected chi connectivity index (χ2v) is 7.82. The molecule has 0 spiro atoms. The molecule has 2 atom stereocenters. The van der Waals surface area contributed by atoms with Gasteiger partial charge in [-0.3, -0.25) is 0 Å². The lowest BCUT2D eigenvalue weighted by molar-refractivity contribution is 0.794. The van der Waals surface area contributed by atoms with E-state index in [2.05, 4.69) is 46.6 Å². The molecule has 24 heavy (non-hydrogen) atoms. The summed E-state index contributed by atoms with van der Waals surface area (Å²) >= 11 is 7.81. The van der Waals surface area contributed by atoms with Crippen LogP contribution in [0.4, 0.5) is 0 Å². The molecular weight excluding hydrogens is 340 g/mol. The van der Waals surface area contributed by atoms with Gasteiger partial charge in [0.15, 0.2) is 5.96 Å². The van der Waals surface area contributed by atoms with Crippen LogP contribution in [0.1, 0.15) is 40.4 Å². The maximum Gasteiger partial charge on any atom is 0.191 e. The predicted molar refractivity (Wildman–Crippen MR) is 102 cm³/mol. The van der Waals surface area contributed by atoms with Crippen LogP contribution in [0.15, 0.2) is 29.3 Å². The SMILES string of the molecule is CCNC(=NCc1nc(C)c(C)s1)NC1CC1c1cccc(Cl)c1. The van der Waals surface area contributed by atoms with Crippen molar-refractivity contribution in [2.45, 2.75) is 45.7 Å². The van der Waals surface area contributed by atoms with Crippen LogP contribution >= 0.6 is 22.9 Å². The van der Waals surface area contributed by atoms with Crippen molar-refractivity contribution < 1.29 is 0 Å². The third kappa shape index (κ3) is 4.28. The van der Waals surface area contributed by atoms with Gasteiger partial charge in [0.1, 0.15) is 5.01 Å². The number of nitrogens with zero attached hydrogens (tertiary/aromatic N) is 2. The van der Waals surface area contributed by atoms with Crippen LogP contribution in [0.3, 0.4) is 0 Å². The lowest BCUT2D eigenvalue weighted by Crippen LogP contribution is -2.39. The number of hydrogen-bond acceptors (Lipinski definition) is 3. The number of aryl methyl sites for hydroxylation is 2. The number of aromatic nitrogens is 1. The van der Waals surface area contributed by atoms with Crippen LogP contribution in [-0.4, -0.2) is 23.5 Å². The van der Waals surface area contributed by atoms with E-state index in [1.807, 2.05) is 19.1 Å². The zero-order valence-electron chi connectivity index (χ0n) is 14.3. The first-order valence-corrected chi connectivity index (χ1v) is 9.49. The molecule has 2 aromatic rings. The highest BCUT2D eigenvalue weighted by Crippen LogP contribution is 2.41. The Morgan fingerprint density at radius 2 is 2.25 bits per heavy atom. The Hall–Kier alpha value is -1.59. The van der Waals surface area contributed by atoms with Gasteiger partial charge in [-0.05, 0) is 44.9 Å². The molecule has 1 aromatic carbocycles. The second kappa shape index (κ2) is 7.53. The second-order valence-electron chi connectivity index (χ2n) is 6.09. The van der Waals surface area contributed by atoms with Gasteiger partial charge in [-0.1, -0.05) is 23.7 Å². The molecule has 6 heteroatoms. The van der Waals surface area contributed by atoms with Crippen molar-refractivity contribution in [2.75, 3.05) is 6.54 Å². The van der Waals surface area contributed by atoms with E-state index >= 15 is 0 Å². The summed E-state index contributed by atoms with van der Waals surface area (Å²) in [7, 11) is 0. The Morgan fingerprint density at radius 1 is 1.42 bits per heavy atom. The van der Waals surface area contributed by atoms with E-state index in [4.69, 9.17) is 11.6 Å². The van der Waals surface area contributed by atoms with Crippen LogP contribution in [0, 0.1) is 13.8 Å². The van der Waals surface area contributed by atoms with E-state index in [-0.39, 0.29) is 0 Å². The molecule has 0 aliphatic heterocycles. The topological polar surface area (TPSA) is 49.3 Å². The van der Waals surface area contributed by atoms with Gasteiger partial charge in [0, 0.05) is 28.4 Å². The van der Waals surface area contributed by atoms with Gasteiger partial charge in [0.05, 0.1) is 12.2 Å². The van der Waals surface area contributed by atoms with E-state index in [9.17, 15) is 0 Å². The molecule has 3 rings (SSSR count). The van der Waals surface area contributed by atoms with Crippen LogP contribution in [0.5, 0.6) is 0 Å². The molecule has 2 N–H and O–H groups in total. The van der Waals surface area contributed by atoms with Gasteiger partial charge in [-0.2, -0.15) is 0 Å². The number of hydrogen-bond donors (Lipinski definition) is 2. The van der Waals surface area contributed by atoms with Crippen molar-refractivity contribution in [2.24, 2.45) is 4.99 Å². The summed E-state index contributed by atoms with van der Waals surface area (Å²) < 4.78 is 0. The molecule has 1 heterocycles. The van der Waals surface area contributed by atoms with Gasteiger partial charge < -0.3 is 10.6 Å². The monoisotopic (exact) mass is 362 g/mol. The molecule has 1 aliphatic rings. The molecule has 4 nitrogen and oxygen atoms in total. The Bertz CT molecular complexity index is 721. The average molecular weight is 363 g/mol. The number of nitrogens with one attached hydrogen (secondary N) is 2. The van der Waals surface area contributed by atoms with Crippen LogP contribution in [0.25, 0.3) is 0 Å². The Kier molecular flexibility index (Phi) is 5.41. The van der Waals surface area contributed by atoms with Crippen LogP contribution in [0.2, 0.25) is 5.02 Å². The zero-order chi connectivity index (χ0) is 17.1. The van der Waals surface area contributed by atoms with Crippen molar-refractivity contribution in [3.05, 3.63) is 50.4 Å². The summed E-state index contributed by atoms with van der Waals surface area (Å²) in [5.41, 5.74) is 2.40. The highest BCUT2D eigenvalue weighted by Gasteiger charge is 2.39. The summed E-state index contributed by atoms with van der Waals surface area (Å²) in [4.78, 5) is 10.5. The molecule has 0 amide bonds. The molecule has 0 bridgehead atoms. The fourth-order valence-corrected chi connectivity index (χ4v) is 3.77. The number of guanidine groups is 1. The molecule has 2 unspecified atom stereocenters. The van der Waals surface area contributed by atoms with E-state index in [1.165, 1.54) is 10.4 Å². The van der Waals surface area contributed by atoms with Crippen molar-refractivity contribution in [3.63, 3.8) is 0 Å². The minimum atomic E-state index is 0.418. The van der Waals surface area contributed by atoms with Crippen LogP contribution in [-0.2, 0) is 6.54 Å². The van der Waals surface area contributed by atoms with Gasteiger partial charge >= 0.3 is 0 Å². The first-order valence-electron chi connectivity index (χ1n) is 8.30. The minimum Gasteiger partial charge on any atom is -0.357 e. The molecule has 1 aliphatic carbocycles. The number of benzene rings is 1. The largest absolute Gasteiger partial charge is 0.357 e. The number of rotatable bonds is 5. The third-order valence-corrected chi connectivity index (χ3v) is 5.47. The lowest BCUT2D eigenvalue weighted by atomic mass is 10.1. The fraction of sp³-hybridized carbons (Fsp3) is 0.444. The quantitative estimate of drug-likeness (QED) is 0.623. The Labute approximate surface area is 152 Å². The summed E-state index contributed by atoms with van der Waals surface area (Å²) in [6, 6.07) is 8.54. The molecule has 1 fully saturated rings. The lowest BCUT2D eigenvalue weighted by Gasteiger charge is -2.11. The zero-order valence-corrected chi connectivity index (χ0v) is 15.8. The van der Waals surface area contributed by atoms with Crippen molar-refractivity contribution in [3.8, 4) is 0 Å². The van der Waals surface area contributed by atoms with Crippen molar-refractivity contribution >= 4 is 28.9 Å². The first-order chi connectivity index (χ1) is 11.6. The first kappa shape index (κ1) is 17.2. The van der Waals surface area contributed by atoms with E-state index in [0.29, 0.717) is 18.5 Å². The van der Waals surface area contributed by atoms with Crippen molar-refractivity contribution in [1.82, 2.24) is 15.6 Å². The smallest absolute Gasteiger partial charge is 0.191 e. The van der Waals surface area contributed by atoms with Gasteiger partial charge in [0.25, 0.3) is 0 Å². The predicted octanol–water partition coefficient (Wildman–Crippen LogP) is 4.02. The Morgan fingerprint density at radius 3 is 2.92 bits per heavy atom. The van der Waals surface area contributed by atoms with E-state index in [0.717, 1.165) is 34.6 Å². The summed E-state index contributed by atoms with van der Waals surface area (Å²) in [6.45, 7) is 7.68. The number of aliphatic imine (C=N–C) groups is 1. The van der Waals surface area contributed by atoms with E-state index in [1.54, 1.807) is 11.3 Å². The molecule has 0 radical (unpaired) electrons. The molecular formula is C18H23ClN4S. The molecule has 128 valence electrons. The minimum absolute atomic E-state index is 0.418. The van der Waals surface area contributed by atoms with Crippen LogP contribution < -0.4 is 10.6 Å². The maximum atomic E-state index is 6.09. The number of thiazole rings is 1. The molecule has 0 saturated heterocycles. The van der Waals surface area contributed by atoms with Gasteiger partial charge in [0.2, 0.25) is 0 Å². The highest BCUT2D eigenvalue weighted by molar-refractivity contribution is 7.11.